The molecule has 274 valence electrons. The van der Waals surface area contributed by atoms with Crippen molar-refractivity contribution < 1.29 is 23.9 Å². The average molecular weight is 707 g/mol. The molecule has 0 bridgehead atoms. The number of nitrogens with one attached hydrogen (secondary N) is 2. The maximum atomic E-state index is 14.1. The molecule has 52 heavy (non-hydrogen) atoms. The van der Waals surface area contributed by atoms with Crippen LogP contribution in [0.3, 0.4) is 0 Å². The Morgan fingerprint density at radius 1 is 1.08 bits per heavy atom. The molecule has 3 heterocycles. The third kappa shape index (κ3) is 7.32. The van der Waals surface area contributed by atoms with Gasteiger partial charge in [-0.25, -0.2) is 4.98 Å². The highest BCUT2D eigenvalue weighted by atomic mass is 16.5. The van der Waals surface area contributed by atoms with Crippen molar-refractivity contribution in [3.63, 3.8) is 0 Å². The Kier molecular flexibility index (Phi) is 11.7. The number of aryl methyl sites for hydroxylation is 2. The summed E-state index contributed by atoms with van der Waals surface area (Å²) < 4.78 is 12.8. The van der Waals surface area contributed by atoms with Gasteiger partial charge in [-0.05, 0) is 96.9 Å². The number of hydrogen-bond donors (Lipinski definition) is 2. The van der Waals surface area contributed by atoms with Gasteiger partial charge in [0.15, 0.2) is 0 Å². The third-order valence-electron chi connectivity index (χ3n) is 11.0. The van der Waals surface area contributed by atoms with Crippen LogP contribution in [-0.2, 0) is 49.9 Å². The minimum absolute atomic E-state index is 0.0541. The summed E-state index contributed by atoms with van der Waals surface area (Å²) in [5.41, 5.74) is 10.1. The molecule has 10 heteroatoms. The Morgan fingerprint density at radius 3 is 2.58 bits per heavy atom. The maximum Gasteiger partial charge on any atom is 0.257 e. The second kappa shape index (κ2) is 16.3. The number of benzene rings is 2. The van der Waals surface area contributed by atoms with Gasteiger partial charge in [0.05, 0.1) is 36.1 Å². The van der Waals surface area contributed by atoms with Crippen LogP contribution in [0.25, 0.3) is 22.3 Å². The summed E-state index contributed by atoms with van der Waals surface area (Å²) in [6.07, 6.45) is 5.83. The first-order chi connectivity index (χ1) is 25.2. The molecular formula is C42H50N4O6. The largest absolute Gasteiger partial charge is 0.380 e. The van der Waals surface area contributed by atoms with E-state index < -0.39 is 5.92 Å². The summed E-state index contributed by atoms with van der Waals surface area (Å²) in [5, 5.41) is 7.02. The number of methoxy groups -OCH3 is 1. The monoisotopic (exact) mass is 706 g/mol. The predicted octanol–water partition coefficient (Wildman–Crippen LogP) is 6.30. The minimum atomic E-state index is -0.441. The van der Waals surface area contributed by atoms with Crippen LogP contribution < -0.4 is 16.2 Å². The fourth-order valence-corrected chi connectivity index (χ4v) is 8.00. The van der Waals surface area contributed by atoms with E-state index in [1.807, 2.05) is 43.3 Å². The Balaban J connectivity index is 1.28. The lowest BCUT2D eigenvalue weighted by Gasteiger charge is -2.31. The van der Waals surface area contributed by atoms with E-state index in [1.54, 1.807) is 11.7 Å². The molecule has 1 aliphatic carbocycles. The highest BCUT2D eigenvalue weighted by Gasteiger charge is 2.35. The van der Waals surface area contributed by atoms with Crippen LogP contribution in [0.1, 0.15) is 115 Å². The first kappa shape index (κ1) is 37.1. The van der Waals surface area contributed by atoms with Gasteiger partial charge in [0, 0.05) is 36.0 Å². The summed E-state index contributed by atoms with van der Waals surface area (Å²) in [6.45, 7) is 8.69. The topological polar surface area (TPSA) is 129 Å². The lowest BCUT2D eigenvalue weighted by molar-refractivity contribution is -0.129. The number of pyridine rings is 2. The average Bonchev–Trinajstić information content (AvgIpc) is 3.52. The number of ether oxygens (including phenoxy) is 2. The van der Waals surface area contributed by atoms with Crippen LogP contribution >= 0.6 is 0 Å². The maximum absolute atomic E-state index is 14.1. The molecule has 2 aliphatic rings. The van der Waals surface area contributed by atoms with Crippen molar-refractivity contribution in [2.24, 2.45) is 0 Å². The molecule has 3 unspecified atom stereocenters. The van der Waals surface area contributed by atoms with E-state index in [9.17, 15) is 19.2 Å². The minimum Gasteiger partial charge on any atom is -0.380 e. The molecule has 10 nitrogen and oxygen atoms in total. The SMILES string of the molecule is CCC(C)c1cc2nc3c(c4c2c(c1C)CCC4NC(=O)COCNC(=O)CCCc1ccccc1)Cn1c-3cc(C(C=O)CC)c(COC)c1=O. The van der Waals surface area contributed by atoms with Crippen molar-refractivity contribution >= 4 is 29.0 Å². The number of aldehydes is 1. The van der Waals surface area contributed by atoms with E-state index in [-0.39, 0.29) is 43.4 Å². The van der Waals surface area contributed by atoms with Gasteiger partial charge < -0.3 is 29.5 Å². The molecule has 0 fully saturated rings. The predicted molar refractivity (Wildman–Crippen MR) is 201 cm³/mol. The molecule has 3 atom stereocenters. The van der Waals surface area contributed by atoms with Crippen LogP contribution in [0.2, 0.25) is 0 Å². The lowest BCUT2D eigenvalue weighted by atomic mass is 9.79. The van der Waals surface area contributed by atoms with Crippen LogP contribution in [0, 0.1) is 6.92 Å². The fourth-order valence-electron chi connectivity index (χ4n) is 8.00. The Bertz CT molecular complexity index is 2040. The van der Waals surface area contributed by atoms with E-state index in [2.05, 4.69) is 37.5 Å². The van der Waals surface area contributed by atoms with Crippen molar-refractivity contribution in [2.75, 3.05) is 20.4 Å². The first-order valence-electron chi connectivity index (χ1n) is 18.6. The van der Waals surface area contributed by atoms with Crippen molar-refractivity contribution in [3.05, 3.63) is 97.3 Å². The zero-order valence-corrected chi connectivity index (χ0v) is 31.0. The molecule has 0 saturated heterocycles. The molecular weight excluding hydrogens is 656 g/mol. The van der Waals surface area contributed by atoms with Crippen molar-refractivity contribution in [1.82, 2.24) is 20.2 Å². The van der Waals surface area contributed by atoms with Gasteiger partial charge in [0.25, 0.3) is 5.56 Å². The molecule has 2 aromatic carbocycles. The number of nitrogens with zero attached hydrogens (tertiary/aromatic N) is 2. The van der Waals surface area contributed by atoms with Crippen LogP contribution in [-0.4, -0.2) is 48.1 Å². The molecule has 1 aliphatic heterocycles. The van der Waals surface area contributed by atoms with Gasteiger partial charge in [0.2, 0.25) is 11.8 Å². The summed E-state index contributed by atoms with van der Waals surface area (Å²) in [7, 11) is 1.55. The lowest BCUT2D eigenvalue weighted by Crippen LogP contribution is -2.36. The molecule has 0 spiro atoms. The van der Waals surface area contributed by atoms with E-state index in [0.29, 0.717) is 54.2 Å². The first-order valence-corrected chi connectivity index (χ1v) is 18.6. The fraction of sp³-hybridized carbons (Fsp3) is 0.452. The van der Waals surface area contributed by atoms with E-state index >= 15 is 0 Å². The van der Waals surface area contributed by atoms with Crippen LogP contribution in [0.15, 0.2) is 47.3 Å². The van der Waals surface area contributed by atoms with Crippen LogP contribution in [0.5, 0.6) is 0 Å². The molecule has 2 N–H and O–H groups in total. The number of fused-ring (bicyclic) bond motifs is 4. The van der Waals surface area contributed by atoms with Gasteiger partial charge in [-0.2, -0.15) is 0 Å². The molecule has 2 aromatic heterocycles. The second-order valence-electron chi connectivity index (χ2n) is 14.2. The number of aromatic nitrogens is 2. The molecule has 0 saturated carbocycles. The van der Waals surface area contributed by atoms with E-state index in [4.69, 9.17) is 14.5 Å². The van der Waals surface area contributed by atoms with Gasteiger partial charge in [0.1, 0.15) is 19.6 Å². The van der Waals surface area contributed by atoms with Crippen molar-refractivity contribution in [2.45, 2.75) is 104 Å². The second-order valence-corrected chi connectivity index (χ2v) is 14.2. The smallest absolute Gasteiger partial charge is 0.257 e. The molecule has 0 radical (unpaired) electrons. The number of hydrogen-bond acceptors (Lipinski definition) is 7. The highest BCUT2D eigenvalue weighted by Crippen LogP contribution is 2.46. The van der Waals surface area contributed by atoms with Gasteiger partial charge >= 0.3 is 0 Å². The quantitative estimate of drug-likeness (QED) is 0.0700. The summed E-state index contributed by atoms with van der Waals surface area (Å²) in [5.74, 6) is -0.502. The third-order valence-corrected chi connectivity index (χ3v) is 11.0. The Labute approximate surface area is 305 Å². The molecule has 6 rings (SSSR count). The Hall–Kier alpha value is -4.67. The van der Waals surface area contributed by atoms with E-state index in [1.165, 1.54) is 22.3 Å². The number of rotatable bonds is 16. The zero-order valence-electron chi connectivity index (χ0n) is 31.0. The van der Waals surface area contributed by atoms with Crippen LogP contribution in [0.4, 0.5) is 0 Å². The normalized spacial score (nSPS) is 15.5. The van der Waals surface area contributed by atoms with Gasteiger partial charge in [-0.1, -0.05) is 51.1 Å². The number of carbonyl (C=O) groups is 3. The number of carbonyl (C=O) groups excluding carboxylic acids is 3. The summed E-state index contributed by atoms with van der Waals surface area (Å²) in [6, 6.07) is 13.8. The van der Waals surface area contributed by atoms with Gasteiger partial charge in [-0.15, -0.1) is 0 Å². The number of amides is 2. The molecule has 2 amide bonds. The summed E-state index contributed by atoms with van der Waals surface area (Å²) >= 11 is 0. The molecule has 4 aromatic rings. The van der Waals surface area contributed by atoms with Gasteiger partial charge in [-0.3, -0.25) is 14.4 Å². The standard InChI is InChI=1S/C42H50N4O6/c1-6-25(3)30-18-35-39-29(26(30)4)16-17-34(44-38(49)23-52-24-43-37(48)15-11-14-27-12-9-8-10-13-27)40(39)32-20-46-36(41(32)45-35)19-31(28(7-2)21-47)33(22-51-5)42(46)50/h8-10,12-13,18-19,21,25,28,34H,6-7,11,14-17,20,22-24H2,1-5H3,(H,43,48)(H,44,49). The Morgan fingerprint density at radius 2 is 1.87 bits per heavy atom. The van der Waals surface area contributed by atoms with Crippen molar-refractivity contribution in [1.29, 1.82) is 0 Å². The highest BCUT2D eigenvalue weighted by molar-refractivity contribution is 5.94. The van der Waals surface area contributed by atoms with E-state index in [0.717, 1.165) is 54.0 Å². The van der Waals surface area contributed by atoms with Crippen molar-refractivity contribution in [3.8, 4) is 11.4 Å². The zero-order chi connectivity index (χ0) is 36.9. The summed E-state index contributed by atoms with van der Waals surface area (Å²) in [4.78, 5) is 57.2.